The molecule has 1 heterocycles. The molecule has 0 bridgehead atoms. The van der Waals surface area contributed by atoms with Crippen LogP contribution in [0.4, 0.5) is 36.4 Å². The fourth-order valence-corrected chi connectivity index (χ4v) is 5.47. The minimum absolute atomic E-state index is 0.000230. The summed E-state index contributed by atoms with van der Waals surface area (Å²) in [5, 5.41) is 9.80. The van der Waals surface area contributed by atoms with Crippen molar-refractivity contribution >= 4 is 50.9 Å². The maximum Gasteiger partial charge on any atom is 0.430 e. The van der Waals surface area contributed by atoms with E-state index in [2.05, 4.69) is 10.9 Å². The van der Waals surface area contributed by atoms with Gasteiger partial charge >= 0.3 is 12.4 Å². The monoisotopic (exact) mass is 603 g/mol. The number of thiocarbonyl (C=S) groups is 1. The molecule has 0 aliphatic carbocycles. The molecule has 6 nitrogen and oxygen atoms in total. The Hall–Kier alpha value is -2.43. The van der Waals surface area contributed by atoms with E-state index >= 15 is 0 Å². The number of benzene rings is 2. The van der Waals surface area contributed by atoms with Crippen LogP contribution in [0, 0.1) is 5.82 Å². The molecule has 1 unspecified atom stereocenters. The molecular weight excluding hydrogens is 583 g/mol. The molecule has 1 aliphatic heterocycles. The summed E-state index contributed by atoms with van der Waals surface area (Å²) >= 11 is 6.08. The normalized spacial score (nSPS) is 17.0. The summed E-state index contributed by atoms with van der Waals surface area (Å²) < 4.78 is 109. The number of fused-ring (bicyclic) bond motifs is 1. The highest BCUT2D eigenvalue weighted by Gasteiger charge is 2.71. The Balaban J connectivity index is 2.04. The molecule has 2 atom stereocenters. The summed E-state index contributed by atoms with van der Waals surface area (Å²) in [6.07, 6.45) is -10.8. The van der Waals surface area contributed by atoms with Gasteiger partial charge in [0.1, 0.15) is 5.82 Å². The SMILES string of the molecule is CSC(=S)NNC(=O)C[C@@H]1CCc2cc(C(O)(C(F)(F)F)C(F)(F)F)ccc2N1S(=O)c1ccc(F)cc1. The molecule has 208 valence electrons. The highest BCUT2D eigenvalue weighted by atomic mass is 32.2. The molecule has 38 heavy (non-hydrogen) atoms. The maximum atomic E-state index is 13.5. The van der Waals surface area contributed by atoms with Gasteiger partial charge in [-0.3, -0.25) is 20.0 Å². The van der Waals surface area contributed by atoms with Crippen molar-refractivity contribution in [2.24, 2.45) is 0 Å². The third kappa shape index (κ3) is 6.07. The predicted octanol–water partition coefficient (Wildman–Crippen LogP) is 4.64. The van der Waals surface area contributed by atoms with E-state index in [9.17, 15) is 44.8 Å². The molecule has 0 saturated heterocycles. The van der Waals surface area contributed by atoms with Gasteiger partial charge in [0.2, 0.25) is 5.91 Å². The smallest absolute Gasteiger partial charge is 0.369 e. The van der Waals surface area contributed by atoms with Crippen LogP contribution in [-0.2, 0) is 27.8 Å². The van der Waals surface area contributed by atoms with E-state index in [1.54, 1.807) is 6.26 Å². The lowest BCUT2D eigenvalue weighted by Gasteiger charge is -2.39. The average molecular weight is 604 g/mol. The van der Waals surface area contributed by atoms with E-state index in [1.165, 1.54) is 16.4 Å². The maximum absolute atomic E-state index is 13.5. The fourth-order valence-electron chi connectivity index (χ4n) is 3.86. The Bertz CT molecular complexity index is 1210. The lowest BCUT2D eigenvalue weighted by atomic mass is 9.87. The second-order valence-corrected chi connectivity index (χ2v) is 11.0. The van der Waals surface area contributed by atoms with Gasteiger partial charge in [0.15, 0.2) is 15.3 Å². The van der Waals surface area contributed by atoms with Crippen molar-refractivity contribution in [1.29, 1.82) is 0 Å². The number of alkyl halides is 6. The van der Waals surface area contributed by atoms with Crippen LogP contribution in [0.3, 0.4) is 0 Å². The average Bonchev–Trinajstić information content (AvgIpc) is 2.85. The van der Waals surface area contributed by atoms with Gasteiger partial charge in [-0.05, 0) is 55.0 Å². The van der Waals surface area contributed by atoms with Crippen LogP contribution in [-0.4, -0.2) is 44.2 Å². The number of anilines is 1. The molecule has 0 saturated carbocycles. The van der Waals surface area contributed by atoms with Crippen molar-refractivity contribution in [3.8, 4) is 0 Å². The first-order valence-corrected chi connectivity index (χ1v) is 13.4. The molecule has 2 aromatic carbocycles. The third-order valence-corrected chi connectivity index (χ3v) is 8.34. The van der Waals surface area contributed by atoms with Crippen LogP contribution in [0.1, 0.15) is 24.0 Å². The van der Waals surface area contributed by atoms with Crippen molar-refractivity contribution in [2.75, 3.05) is 10.6 Å². The van der Waals surface area contributed by atoms with Crippen molar-refractivity contribution in [1.82, 2.24) is 10.9 Å². The Morgan fingerprint density at radius 1 is 1.11 bits per heavy atom. The predicted molar refractivity (Wildman–Crippen MR) is 132 cm³/mol. The van der Waals surface area contributed by atoms with Crippen LogP contribution in [0.2, 0.25) is 0 Å². The van der Waals surface area contributed by atoms with Gasteiger partial charge in [-0.15, -0.1) is 0 Å². The summed E-state index contributed by atoms with van der Waals surface area (Å²) in [5.41, 5.74) is -1.78. The Kier molecular flexibility index (Phi) is 9.00. The zero-order valence-electron chi connectivity index (χ0n) is 19.3. The number of carbonyl (C=O) groups is 1. The summed E-state index contributed by atoms with van der Waals surface area (Å²) in [6.45, 7) is 0. The van der Waals surface area contributed by atoms with Crippen LogP contribution < -0.4 is 15.2 Å². The minimum atomic E-state index is -6.07. The molecule has 2 aromatic rings. The molecule has 16 heteroatoms. The van der Waals surface area contributed by atoms with E-state index in [0.717, 1.165) is 30.0 Å². The highest BCUT2D eigenvalue weighted by Crippen LogP contribution is 2.51. The number of halogens is 7. The first kappa shape index (κ1) is 30.1. The largest absolute Gasteiger partial charge is 0.430 e. The Labute approximate surface area is 224 Å². The topological polar surface area (TPSA) is 81.7 Å². The fraction of sp³-hybridized carbons (Fsp3) is 0.364. The number of nitrogens with zero attached hydrogens (tertiary/aromatic N) is 1. The van der Waals surface area contributed by atoms with Gasteiger partial charge in [-0.1, -0.05) is 36.1 Å². The van der Waals surface area contributed by atoms with Crippen molar-refractivity contribution in [2.45, 2.75) is 48.2 Å². The molecule has 3 rings (SSSR count). The number of carbonyl (C=O) groups excluding carboxylic acids is 1. The molecule has 0 fully saturated rings. The number of thioether (sulfide) groups is 1. The number of rotatable bonds is 5. The van der Waals surface area contributed by atoms with Gasteiger partial charge in [-0.25, -0.2) is 8.60 Å². The quantitative estimate of drug-likeness (QED) is 0.263. The van der Waals surface area contributed by atoms with Crippen LogP contribution in [0.15, 0.2) is 47.4 Å². The van der Waals surface area contributed by atoms with Crippen molar-refractivity contribution < 1.29 is 44.8 Å². The number of aryl methyl sites for hydroxylation is 1. The molecule has 3 N–H and O–H groups in total. The molecule has 0 spiro atoms. The Morgan fingerprint density at radius 2 is 1.71 bits per heavy atom. The van der Waals surface area contributed by atoms with Gasteiger partial charge in [0.05, 0.1) is 16.6 Å². The van der Waals surface area contributed by atoms with E-state index in [0.29, 0.717) is 12.1 Å². The first-order chi connectivity index (χ1) is 17.6. The second kappa shape index (κ2) is 11.4. The van der Waals surface area contributed by atoms with E-state index in [1.807, 2.05) is 0 Å². The standard InChI is InChI=1S/C22H20F7N3O3S3/c1-37-19(36)31-30-18(33)11-15-6-2-12-10-13(20(34,21(24,25)26)22(27,28)29)3-9-17(12)32(15)38(35)16-7-4-14(23)5-8-16/h3-5,7-10,15,34H,2,6,11H2,1H3,(H,30,33)(H,31,36)/t15-,38?/m0/s1. The van der Waals surface area contributed by atoms with Gasteiger partial charge in [0.25, 0.3) is 5.60 Å². The molecule has 1 aliphatic rings. The van der Waals surface area contributed by atoms with Crippen molar-refractivity contribution in [3.63, 3.8) is 0 Å². The number of hydrazine groups is 1. The zero-order valence-corrected chi connectivity index (χ0v) is 21.8. The summed E-state index contributed by atoms with van der Waals surface area (Å²) in [4.78, 5) is 12.6. The van der Waals surface area contributed by atoms with Crippen molar-refractivity contribution in [3.05, 3.63) is 59.4 Å². The zero-order chi connectivity index (χ0) is 28.5. The lowest BCUT2D eigenvalue weighted by Crippen LogP contribution is -2.54. The second-order valence-electron chi connectivity index (χ2n) is 8.14. The van der Waals surface area contributed by atoms with Crippen LogP contribution in [0.5, 0.6) is 0 Å². The highest BCUT2D eigenvalue weighted by molar-refractivity contribution is 8.22. The van der Waals surface area contributed by atoms with Crippen LogP contribution >= 0.6 is 24.0 Å². The Morgan fingerprint density at radius 3 is 2.26 bits per heavy atom. The minimum Gasteiger partial charge on any atom is -0.369 e. The molecule has 0 radical (unpaired) electrons. The molecule has 0 aromatic heterocycles. The van der Waals surface area contributed by atoms with Gasteiger partial charge in [0, 0.05) is 12.0 Å². The number of aliphatic hydroxyl groups is 1. The number of amides is 1. The summed E-state index contributed by atoms with van der Waals surface area (Å²) in [5.74, 6) is -1.20. The molecule has 1 amide bonds. The van der Waals surface area contributed by atoms with Crippen LogP contribution in [0.25, 0.3) is 0 Å². The lowest BCUT2D eigenvalue weighted by molar-refractivity contribution is -0.376. The number of hydrogen-bond donors (Lipinski definition) is 3. The first-order valence-electron chi connectivity index (χ1n) is 10.7. The van der Waals surface area contributed by atoms with E-state index in [4.69, 9.17) is 12.2 Å². The number of hydrogen-bond acceptors (Lipinski definition) is 5. The van der Waals surface area contributed by atoms with E-state index < -0.39 is 52.3 Å². The number of nitrogens with one attached hydrogen (secondary N) is 2. The van der Waals surface area contributed by atoms with Gasteiger partial charge in [-0.2, -0.15) is 26.3 Å². The molecular formula is C22H20F7N3O3S3. The third-order valence-electron chi connectivity index (χ3n) is 5.74. The summed E-state index contributed by atoms with van der Waals surface area (Å²) in [6, 6.07) is 5.57. The summed E-state index contributed by atoms with van der Waals surface area (Å²) in [7, 11) is -2.13. The van der Waals surface area contributed by atoms with E-state index in [-0.39, 0.29) is 39.7 Å². The van der Waals surface area contributed by atoms with Gasteiger partial charge < -0.3 is 5.11 Å².